The Morgan fingerprint density at radius 1 is 1.34 bits per heavy atom. The van der Waals surface area contributed by atoms with Crippen LogP contribution in [0.5, 0.6) is 0 Å². The third-order valence-corrected chi connectivity index (χ3v) is 8.85. The molecule has 0 radical (unpaired) electrons. The molecule has 0 unspecified atom stereocenters. The molecule has 4 aliphatic carbocycles. The van der Waals surface area contributed by atoms with Crippen LogP contribution in [0.2, 0.25) is 0 Å². The van der Waals surface area contributed by atoms with Crippen LogP contribution >= 0.6 is 0 Å². The molecule has 158 valence electrons. The summed E-state index contributed by atoms with van der Waals surface area (Å²) in [6.45, 7) is 5.75. The van der Waals surface area contributed by atoms with Gasteiger partial charge in [-0.3, -0.25) is 9.59 Å². The Kier molecular flexibility index (Phi) is 4.11. The summed E-state index contributed by atoms with van der Waals surface area (Å²) in [5.74, 6) is 0.128. The standard InChI is InChI=1S/C23H30O6/c1-4-13-17(28-11(2)24)9-16-12-5-6-15-19(25)20(26)18-10-23(15,21(27)29-18)14(12)7-8-22(13,16)3/h4,6,12,14,16-20,25-26H,5,7-10H2,1-3H3/b13-4+/t12-,14+,16+,17+,18+,19-,20+,22-,23+/m1/s1. The predicted molar refractivity (Wildman–Crippen MR) is 103 cm³/mol. The summed E-state index contributed by atoms with van der Waals surface area (Å²) in [7, 11) is 0. The van der Waals surface area contributed by atoms with E-state index in [1.165, 1.54) is 12.5 Å². The Morgan fingerprint density at radius 3 is 2.79 bits per heavy atom. The number of ether oxygens (including phenoxy) is 2. The van der Waals surface area contributed by atoms with E-state index in [0.29, 0.717) is 17.9 Å². The van der Waals surface area contributed by atoms with Crippen LogP contribution in [-0.2, 0) is 19.1 Å². The maximum Gasteiger partial charge on any atom is 0.317 e. The lowest BCUT2D eigenvalue weighted by Crippen LogP contribution is -2.56. The quantitative estimate of drug-likeness (QED) is 0.516. The SMILES string of the molecule is C/C=C1\[C@@H](OC(C)=O)C[C@H]2[C@@H]3CC=C4[C@@H](O)[C@@H](O)[C@@H]5C[C@]4(C(=O)O5)[C@H]3CC[C@]12C. The van der Waals surface area contributed by atoms with Crippen LogP contribution in [0.4, 0.5) is 0 Å². The van der Waals surface area contributed by atoms with E-state index in [9.17, 15) is 19.8 Å². The Bertz CT molecular complexity index is 829. The number of esters is 2. The normalized spacial score (nSPS) is 51.6. The van der Waals surface area contributed by atoms with Gasteiger partial charge >= 0.3 is 11.9 Å². The predicted octanol–water partition coefficient (Wildman–Crippen LogP) is 2.28. The van der Waals surface area contributed by atoms with Gasteiger partial charge in [-0.05, 0) is 66.9 Å². The number of fused-ring (bicyclic) bond motifs is 4. The molecule has 2 bridgehead atoms. The summed E-state index contributed by atoms with van der Waals surface area (Å²) in [4.78, 5) is 24.8. The minimum Gasteiger partial charge on any atom is -0.459 e. The van der Waals surface area contributed by atoms with Crippen LogP contribution in [0.1, 0.15) is 52.9 Å². The maximum atomic E-state index is 13.1. The first kappa shape index (κ1) is 19.3. The number of aliphatic hydroxyl groups excluding tert-OH is 2. The fraction of sp³-hybridized carbons (Fsp3) is 0.739. The van der Waals surface area contributed by atoms with Gasteiger partial charge in [0, 0.05) is 13.3 Å². The molecule has 6 nitrogen and oxygen atoms in total. The van der Waals surface area contributed by atoms with E-state index in [1.54, 1.807) is 0 Å². The summed E-state index contributed by atoms with van der Waals surface area (Å²) in [5.41, 5.74) is 1.03. The lowest BCUT2D eigenvalue weighted by Gasteiger charge is -2.55. The van der Waals surface area contributed by atoms with Crippen LogP contribution in [0, 0.1) is 28.6 Å². The van der Waals surface area contributed by atoms with Gasteiger partial charge in [0.1, 0.15) is 24.4 Å². The van der Waals surface area contributed by atoms with Crippen molar-refractivity contribution in [2.75, 3.05) is 0 Å². The molecule has 29 heavy (non-hydrogen) atoms. The molecule has 6 heteroatoms. The van der Waals surface area contributed by atoms with Gasteiger partial charge in [-0.15, -0.1) is 0 Å². The Balaban J connectivity index is 1.55. The molecular formula is C23H30O6. The van der Waals surface area contributed by atoms with Crippen LogP contribution < -0.4 is 0 Å². The molecule has 5 aliphatic rings. The molecule has 0 aromatic carbocycles. The Morgan fingerprint density at radius 2 is 2.10 bits per heavy atom. The van der Waals surface area contributed by atoms with Gasteiger partial charge in [0.25, 0.3) is 0 Å². The zero-order valence-corrected chi connectivity index (χ0v) is 17.3. The van der Waals surface area contributed by atoms with Crippen LogP contribution in [0.15, 0.2) is 23.3 Å². The molecule has 0 aromatic heterocycles. The van der Waals surface area contributed by atoms with Gasteiger partial charge in [-0.2, -0.15) is 0 Å². The minimum absolute atomic E-state index is 0.0489. The van der Waals surface area contributed by atoms with Crippen molar-refractivity contribution >= 4 is 11.9 Å². The highest BCUT2D eigenvalue weighted by Gasteiger charge is 2.69. The highest BCUT2D eigenvalue weighted by molar-refractivity contribution is 5.85. The summed E-state index contributed by atoms with van der Waals surface area (Å²) in [6.07, 6.45) is 5.01. The average molecular weight is 402 g/mol. The number of hydrogen-bond donors (Lipinski definition) is 2. The molecule has 9 atom stereocenters. The monoisotopic (exact) mass is 402 g/mol. The zero-order valence-electron chi connectivity index (χ0n) is 17.3. The average Bonchev–Trinajstić information content (AvgIpc) is 3.12. The van der Waals surface area contributed by atoms with E-state index in [0.717, 1.165) is 25.7 Å². The number of hydrogen-bond acceptors (Lipinski definition) is 6. The zero-order chi connectivity index (χ0) is 20.7. The summed E-state index contributed by atoms with van der Waals surface area (Å²) < 4.78 is 11.2. The van der Waals surface area contributed by atoms with Crippen molar-refractivity contribution in [3.63, 3.8) is 0 Å². The third-order valence-electron chi connectivity index (χ3n) is 8.85. The van der Waals surface area contributed by atoms with E-state index in [1.807, 2.05) is 13.0 Å². The highest BCUT2D eigenvalue weighted by atomic mass is 16.6. The van der Waals surface area contributed by atoms with E-state index in [4.69, 9.17) is 9.47 Å². The van der Waals surface area contributed by atoms with Gasteiger partial charge in [-0.1, -0.05) is 19.1 Å². The van der Waals surface area contributed by atoms with Crippen molar-refractivity contribution in [1.29, 1.82) is 0 Å². The Hall–Kier alpha value is -1.66. The first-order valence-corrected chi connectivity index (χ1v) is 10.9. The fourth-order valence-corrected chi connectivity index (χ4v) is 7.74. The van der Waals surface area contributed by atoms with Crippen LogP contribution in [0.25, 0.3) is 0 Å². The maximum absolute atomic E-state index is 13.1. The van der Waals surface area contributed by atoms with E-state index < -0.39 is 23.7 Å². The lowest BCUT2D eigenvalue weighted by molar-refractivity contribution is -0.153. The summed E-state index contributed by atoms with van der Waals surface area (Å²) in [5, 5.41) is 21.1. The topological polar surface area (TPSA) is 93.1 Å². The van der Waals surface area contributed by atoms with Gasteiger partial charge in [0.2, 0.25) is 0 Å². The second kappa shape index (κ2) is 6.17. The molecular weight excluding hydrogens is 372 g/mol. The highest BCUT2D eigenvalue weighted by Crippen LogP contribution is 2.68. The number of rotatable bonds is 1. The van der Waals surface area contributed by atoms with E-state index in [2.05, 4.69) is 13.0 Å². The van der Waals surface area contributed by atoms with Gasteiger partial charge in [-0.25, -0.2) is 0 Å². The first-order chi connectivity index (χ1) is 13.7. The molecule has 1 aliphatic heterocycles. The van der Waals surface area contributed by atoms with Crippen molar-refractivity contribution < 1.29 is 29.3 Å². The van der Waals surface area contributed by atoms with Crippen LogP contribution in [0.3, 0.4) is 0 Å². The van der Waals surface area contributed by atoms with Gasteiger partial charge in [0.15, 0.2) is 0 Å². The molecule has 0 amide bonds. The fourth-order valence-electron chi connectivity index (χ4n) is 7.74. The van der Waals surface area contributed by atoms with Crippen molar-refractivity contribution in [1.82, 2.24) is 0 Å². The Labute approximate surface area is 170 Å². The molecule has 0 aromatic rings. The van der Waals surface area contributed by atoms with E-state index in [-0.39, 0.29) is 35.3 Å². The second-order valence-electron chi connectivity index (χ2n) is 9.86. The first-order valence-electron chi connectivity index (χ1n) is 10.9. The number of allylic oxidation sites excluding steroid dienone is 2. The number of aliphatic hydroxyl groups is 2. The van der Waals surface area contributed by atoms with Gasteiger partial charge in [0.05, 0.1) is 5.41 Å². The lowest BCUT2D eigenvalue weighted by atomic mass is 9.47. The van der Waals surface area contributed by atoms with E-state index >= 15 is 0 Å². The van der Waals surface area contributed by atoms with Gasteiger partial charge < -0.3 is 19.7 Å². The van der Waals surface area contributed by atoms with Crippen LogP contribution in [-0.4, -0.2) is 46.6 Å². The second-order valence-corrected chi connectivity index (χ2v) is 9.86. The molecule has 3 saturated carbocycles. The smallest absolute Gasteiger partial charge is 0.317 e. The van der Waals surface area contributed by atoms with Crippen molar-refractivity contribution in [2.45, 2.75) is 77.3 Å². The van der Waals surface area contributed by atoms with Crippen molar-refractivity contribution in [3.05, 3.63) is 23.3 Å². The molecule has 4 fully saturated rings. The largest absolute Gasteiger partial charge is 0.459 e. The molecule has 5 rings (SSSR count). The van der Waals surface area contributed by atoms with Crippen molar-refractivity contribution in [3.8, 4) is 0 Å². The molecule has 1 saturated heterocycles. The molecule has 1 heterocycles. The number of carbonyl (C=O) groups excluding carboxylic acids is 2. The molecule has 1 spiro atoms. The minimum atomic E-state index is -1.04. The molecule has 2 N–H and O–H groups in total. The number of carbonyl (C=O) groups is 2. The van der Waals surface area contributed by atoms with Crippen molar-refractivity contribution in [2.24, 2.45) is 28.6 Å². The third kappa shape index (κ3) is 2.30. The summed E-state index contributed by atoms with van der Waals surface area (Å²) in [6, 6.07) is 0. The summed E-state index contributed by atoms with van der Waals surface area (Å²) >= 11 is 0.